The molecule has 2 rings (SSSR count). The van der Waals surface area contributed by atoms with Gasteiger partial charge < -0.3 is 16.0 Å². The molecule has 118 valence electrons. The van der Waals surface area contributed by atoms with E-state index in [2.05, 4.69) is 15.3 Å². The number of anilines is 1. The molecule has 1 aliphatic rings. The van der Waals surface area contributed by atoms with E-state index in [1.807, 2.05) is 13.8 Å². The van der Waals surface area contributed by atoms with Crippen LogP contribution in [0.3, 0.4) is 0 Å². The number of nitrogens with zero attached hydrogens (tertiary/aromatic N) is 3. The lowest BCUT2D eigenvalue weighted by Crippen LogP contribution is -2.36. The van der Waals surface area contributed by atoms with Gasteiger partial charge >= 0.3 is 0 Å². The van der Waals surface area contributed by atoms with Gasteiger partial charge in [-0.2, -0.15) is 5.10 Å². The number of aromatic nitrogens is 2. The molecule has 1 aliphatic heterocycles. The molecule has 0 atom stereocenters. The van der Waals surface area contributed by atoms with E-state index in [1.165, 1.54) is 25.7 Å². The number of carbonyl (C=O) groups excluding carboxylic acids is 1. The summed E-state index contributed by atoms with van der Waals surface area (Å²) in [6.45, 7) is 8.29. The molecular formula is C15H27N5O. The standard InChI is InChI=1S/C15H27N5O/c1-3-20-14(13(16)12(2)18-20)15(21)17-8-11-19-9-6-4-5-7-10-19/h3-11,16H2,1-2H3,(H,17,21). The Kier molecular flexibility index (Phi) is 5.61. The van der Waals surface area contributed by atoms with Crippen LogP contribution in [0.1, 0.15) is 48.8 Å². The minimum absolute atomic E-state index is 0.121. The number of carbonyl (C=O) groups is 1. The molecule has 1 aromatic heterocycles. The van der Waals surface area contributed by atoms with Gasteiger partial charge in [-0.1, -0.05) is 12.8 Å². The normalized spacial score (nSPS) is 16.7. The van der Waals surface area contributed by atoms with Crippen molar-refractivity contribution in [1.29, 1.82) is 0 Å². The van der Waals surface area contributed by atoms with Gasteiger partial charge in [0.1, 0.15) is 5.69 Å². The van der Waals surface area contributed by atoms with E-state index in [0.29, 0.717) is 24.5 Å². The third-order valence-electron chi connectivity index (χ3n) is 4.10. The van der Waals surface area contributed by atoms with Crippen LogP contribution in [0.2, 0.25) is 0 Å². The zero-order valence-corrected chi connectivity index (χ0v) is 13.2. The first-order valence-electron chi connectivity index (χ1n) is 7.97. The van der Waals surface area contributed by atoms with Crippen LogP contribution in [-0.4, -0.2) is 46.8 Å². The predicted molar refractivity (Wildman–Crippen MR) is 84.3 cm³/mol. The molecule has 6 heteroatoms. The van der Waals surface area contributed by atoms with Crippen molar-refractivity contribution in [2.45, 2.75) is 46.1 Å². The van der Waals surface area contributed by atoms with E-state index in [1.54, 1.807) is 4.68 Å². The molecular weight excluding hydrogens is 266 g/mol. The maximum atomic E-state index is 12.3. The molecule has 0 aromatic carbocycles. The van der Waals surface area contributed by atoms with Crippen LogP contribution in [0.5, 0.6) is 0 Å². The second-order valence-electron chi connectivity index (χ2n) is 5.68. The number of aryl methyl sites for hydroxylation is 2. The monoisotopic (exact) mass is 293 g/mol. The number of hydrogen-bond donors (Lipinski definition) is 2. The van der Waals surface area contributed by atoms with E-state index < -0.39 is 0 Å². The molecule has 0 aliphatic carbocycles. The molecule has 0 unspecified atom stereocenters. The summed E-state index contributed by atoms with van der Waals surface area (Å²) in [5.74, 6) is -0.121. The van der Waals surface area contributed by atoms with Gasteiger partial charge in [0.25, 0.3) is 5.91 Å². The number of amides is 1. The fourth-order valence-electron chi connectivity index (χ4n) is 2.83. The Morgan fingerprint density at radius 3 is 2.57 bits per heavy atom. The van der Waals surface area contributed by atoms with Crippen LogP contribution >= 0.6 is 0 Å². The van der Waals surface area contributed by atoms with Crippen LogP contribution in [0.4, 0.5) is 5.69 Å². The molecule has 6 nitrogen and oxygen atoms in total. The Hall–Kier alpha value is -1.56. The van der Waals surface area contributed by atoms with Gasteiger partial charge in [-0.15, -0.1) is 0 Å². The van der Waals surface area contributed by atoms with Gasteiger partial charge in [0.2, 0.25) is 0 Å². The number of hydrogen-bond acceptors (Lipinski definition) is 4. The van der Waals surface area contributed by atoms with Gasteiger partial charge in [0, 0.05) is 19.6 Å². The molecule has 1 saturated heterocycles. The van der Waals surface area contributed by atoms with Crippen molar-refractivity contribution in [2.24, 2.45) is 0 Å². The van der Waals surface area contributed by atoms with E-state index >= 15 is 0 Å². The second-order valence-corrected chi connectivity index (χ2v) is 5.68. The van der Waals surface area contributed by atoms with Crippen molar-refractivity contribution in [3.05, 3.63) is 11.4 Å². The maximum absolute atomic E-state index is 12.3. The molecule has 3 N–H and O–H groups in total. The van der Waals surface area contributed by atoms with Gasteiger partial charge in [0.05, 0.1) is 11.4 Å². The first kappa shape index (κ1) is 15.8. The number of likely N-dealkylation sites (tertiary alicyclic amines) is 1. The predicted octanol–water partition coefficient (Wildman–Crippen LogP) is 1.40. The molecule has 21 heavy (non-hydrogen) atoms. The zero-order chi connectivity index (χ0) is 15.2. The van der Waals surface area contributed by atoms with Gasteiger partial charge in [0.15, 0.2) is 0 Å². The van der Waals surface area contributed by atoms with E-state index in [-0.39, 0.29) is 5.91 Å². The summed E-state index contributed by atoms with van der Waals surface area (Å²) in [5, 5.41) is 7.25. The summed E-state index contributed by atoms with van der Waals surface area (Å²) in [6, 6.07) is 0. The van der Waals surface area contributed by atoms with Gasteiger partial charge in [-0.05, 0) is 39.8 Å². The minimum atomic E-state index is -0.121. The lowest BCUT2D eigenvalue weighted by atomic mass is 10.2. The molecule has 1 amide bonds. The minimum Gasteiger partial charge on any atom is -0.395 e. The fraction of sp³-hybridized carbons (Fsp3) is 0.733. The van der Waals surface area contributed by atoms with E-state index in [4.69, 9.17) is 5.73 Å². The molecule has 2 heterocycles. The summed E-state index contributed by atoms with van der Waals surface area (Å²) in [4.78, 5) is 14.7. The van der Waals surface area contributed by atoms with Gasteiger partial charge in [-0.25, -0.2) is 0 Å². The smallest absolute Gasteiger partial charge is 0.271 e. The molecule has 0 radical (unpaired) electrons. The lowest BCUT2D eigenvalue weighted by molar-refractivity contribution is 0.0939. The number of nitrogens with two attached hydrogens (primary N) is 1. The molecule has 1 aromatic rings. The van der Waals surface area contributed by atoms with Crippen LogP contribution < -0.4 is 11.1 Å². The Morgan fingerprint density at radius 1 is 1.29 bits per heavy atom. The SMILES string of the molecule is CCn1nc(C)c(N)c1C(=O)NCCN1CCCCCC1. The summed E-state index contributed by atoms with van der Waals surface area (Å²) >= 11 is 0. The highest BCUT2D eigenvalue weighted by atomic mass is 16.2. The van der Waals surface area contributed by atoms with Crippen LogP contribution in [-0.2, 0) is 6.54 Å². The van der Waals surface area contributed by atoms with Crippen molar-refractivity contribution >= 4 is 11.6 Å². The lowest BCUT2D eigenvalue weighted by Gasteiger charge is -2.19. The van der Waals surface area contributed by atoms with Crippen molar-refractivity contribution in [2.75, 3.05) is 31.9 Å². The Morgan fingerprint density at radius 2 is 1.95 bits per heavy atom. The van der Waals surface area contributed by atoms with Crippen molar-refractivity contribution < 1.29 is 4.79 Å². The number of nitrogens with one attached hydrogen (secondary N) is 1. The highest BCUT2D eigenvalue weighted by Gasteiger charge is 2.19. The maximum Gasteiger partial charge on any atom is 0.271 e. The Bertz CT molecular complexity index is 475. The quantitative estimate of drug-likeness (QED) is 0.860. The summed E-state index contributed by atoms with van der Waals surface area (Å²) < 4.78 is 1.67. The number of nitrogen functional groups attached to an aromatic ring is 1. The highest BCUT2D eigenvalue weighted by Crippen LogP contribution is 2.16. The highest BCUT2D eigenvalue weighted by molar-refractivity contribution is 5.97. The van der Waals surface area contributed by atoms with Crippen molar-refractivity contribution in [3.63, 3.8) is 0 Å². The molecule has 0 saturated carbocycles. The van der Waals surface area contributed by atoms with Crippen molar-refractivity contribution in [1.82, 2.24) is 20.0 Å². The fourth-order valence-corrected chi connectivity index (χ4v) is 2.83. The zero-order valence-electron chi connectivity index (χ0n) is 13.2. The average Bonchev–Trinajstić information content (AvgIpc) is 2.66. The summed E-state index contributed by atoms with van der Waals surface area (Å²) in [5.41, 5.74) is 7.66. The van der Waals surface area contributed by atoms with Crippen molar-refractivity contribution in [3.8, 4) is 0 Å². The van der Waals surface area contributed by atoms with Crippen LogP contribution in [0.15, 0.2) is 0 Å². The van der Waals surface area contributed by atoms with Crippen LogP contribution in [0, 0.1) is 6.92 Å². The van der Waals surface area contributed by atoms with Crippen LogP contribution in [0.25, 0.3) is 0 Å². The van der Waals surface area contributed by atoms with E-state index in [9.17, 15) is 4.79 Å². The van der Waals surface area contributed by atoms with E-state index in [0.717, 1.165) is 25.3 Å². The average molecular weight is 293 g/mol. The number of rotatable bonds is 5. The largest absolute Gasteiger partial charge is 0.395 e. The topological polar surface area (TPSA) is 76.2 Å². The summed E-state index contributed by atoms with van der Waals surface area (Å²) in [7, 11) is 0. The third-order valence-corrected chi connectivity index (χ3v) is 4.10. The first-order valence-corrected chi connectivity index (χ1v) is 7.97. The third kappa shape index (κ3) is 3.97. The Labute approximate surface area is 126 Å². The van der Waals surface area contributed by atoms with Gasteiger partial charge in [-0.3, -0.25) is 9.48 Å². The second kappa shape index (κ2) is 7.45. The Balaban J connectivity index is 1.87. The molecule has 0 spiro atoms. The first-order chi connectivity index (χ1) is 10.1. The summed E-state index contributed by atoms with van der Waals surface area (Å²) in [6.07, 6.45) is 5.19. The molecule has 0 bridgehead atoms. The molecule has 1 fully saturated rings.